The molecule has 1 aromatic heterocycles. The second-order valence-corrected chi connectivity index (χ2v) is 12.9. The van der Waals surface area contributed by atoms with Crippen molar-refractivity contribution in [3.63, 3.8) is 0 Å². The van der Waals surface area contributed by atoms with E-state index in [-0.39, 0.29) is 0 Å². The molecule has 0 saturated heterocycles. The zero-order valence-corrected chi connectivity index (χ0v) is 27.1. The lowest BCUT2D eigenvalue weighted by molar-refractivity contribution is 1.18. The van der Waals surface area contributed by atoms with Gasteiger partial charge >= 0.3 is 0 Å². The number of hydrogen-bond donors (Lipinski definition) is 0. The molecule has 0 bridgehead atoms. The van der Waals surface area contributed by atoms with Crippen LogP contribution >= 0.6 is 0 Å². The van der Waals surface area contributed by atoms with Gasteiger partial charge in [0.05, 0.1) is 28.4 Å². The maximum Gasteiger partial charge on any atom is 0.0991 e. The van der Waals surface area contributed by atoms with E-state index in [0.29, 0.717) is 5.56 Å². The monoisotopic (exact) mass is 635 g/mol. The highest BCUT2D eigenvalue weighted by molar-refractivity contribution is 6.28. The summed E-state index contributed by atoms with van der Waals surface area (Å²) in [6.07, 6.45) is 0. The van der Waals surface area contributed by atoms with Crippen LogP contribution in [0.1, 0.15) is 5.56 Å². The van der Waals surface area contributed by atoms with Gasteiger partial charge in [-0.25, -0.2) is 0 Å². The van der Waals surface area contributed by atoms with Crippen LogP contribution in [0.5, 0.6) is 0 Å². The minimum absolute atomic E-state index is 0.646. The van der Waals surface area contributed by atoms with Crippen molar-refractivity contribution >= 4 is 71.2 Å². The fourth-order valence-corrected chi connectivity index (χ4v) is 7.92. The summed E-state index contributed by atoms with van der Waals surface area (Å²) in [4.78, 5) is 2.30. The van der Waals surface area contributed by atoms with Crippen molar-refractivity contribution in [3.05, 3.63) is 181 Å². The third-order valence-corrected chi connectivity index (χ3v) is 10.1. The van der Waals surface area contributed by atoms with Crippen LogP contribution in [0.25, 0.3) is 70.9 Å². The Hall–Kier alpha value is -6.89. The molecule has 0 amide bonds. The topological polar surface area (TPSA) is 32.0 Å². The summed E-state index contributed by atoms with van der Waals surface area (Å²) in [5.74, 6) is 0. The Morgan fingerprint density at radius 3 is 1.86 bits per heavy atom. The molecule has 0 radical (unpaired) electrons. The molecule has 3 heteroatoms. The number of benzene rings is 9. The van der Waals surface area contributed by atoms with Crippen LogP contribution in [-0.2, 0) is 0 Å². The summed E-state index contributed by atoms with van der Waals surface area (Å²) in [6, 6.07) is 65.0. The van der Waals surface area contributed by atoms with Gasteiger partial charge in [0, 0.05) is 33.2 Å². The van der Waals surface area contributed by atoms with Gasteiger partial charge in [-0.15, -0.1) is 0 Å². The van der Waals surface area contributed by atoms with Crippen LogP contribution in [-0.4, -0.2) is 4.57 Å². The lowest BCUT2D eigenvalue weighted by Crippen LogP contribution is -2.10. The quantitative estimate of drug-likeness (QED) is 0.176. The molecule has 9 aromatic carbocycles. The maximum atomic E-state index is 9.49. The average molecular weight is 636 g/mol. The molecule has 232 valence electrons. The van der Waals surface area contributed by atoms with E-state index in [9.17, 15) is 5.26 Å². The molecule has 0 aliphatic carbocycles. The van der Waals surface area contributed by atoms with Crippen molar-refractivity contribution in [1.82, 2.24) is 4.57 Å². The summed E-state index contributed by atoms with van der Waals surface area (Å²) in [6.45, 7) is 0. The fourth-order valence-electron chi connectivity index (χ4n) is 7.92. The number of para-hydroxylation sites is 3. The zero-order valence-electron chi connectivity index (χ0n) is 27.1. The van der Waals surface area contributed by atoms with Crippen molar-refractivity contribution in [2.75, 3.05) is 4.90 Å². The molecule has 0 saturated carbocycles. The lowest BCUT2D eigenvalue weighted by Gasteiger charge is -2.27. The van der Waals surface area contributed by atoms with Crippen molar-refractivity contribution < 1.29 is 0 Å². The van der Waals surface area contributed by atoms with Gasteiger partial charge in [-0.3, -0.25) is 0 Å². The second-order valence-electron chi connectivity index (χ2n) is 12.9. The maximum absolute atomic E-state index is 9.49. The summed E-state index contributed by atoms with van der Waals surface area (Å²) >= 11 is 0. The lowest BCUT2D eigenvalue weighted by atomic mass is 9.89. The molecular weight excluding hydrogens is 607 g/mol. The molecule has 10 rings (SSSR count). The van der Waals surface area contributed by atoms with E-state index in [1.165, 1.54) is 65.3 Å². The molecule has 0 aliphatic rings. The summed E-state index contributed by atoms with van der Waals surface area (Å²) in [5.41, 5.74) is 9.82. The molecular formula is C47H29N3. The Bertz CT molecular complexity index is 2910. The minimum atomic E-state index is 0.646. The molecule has 50 heavy (non-hydrogen) atoms. The molecule has 0 N–H and O–H groups in total. The van der Waals surface area contributed by atoms with Crippen LogP contribution in [0.4, 0.5) is 17.1 Å². The number of nitrogens with zero attached hydrogens (tertiary/aromatic N) is 3. The van der Waals surface area contributed by atoms with Crippen molar-refractivity contribution in [3.8, 4) is 22.9 Å². The predicted octanol–water partition coefficient (Wildman–Crippen LogP) is 12.7. The van der Waals surface area contributed by atoms with Crippen LogP contribution < -0.4 is 4.90 Å². The highest BCUT2D eigenvalue weighted by atomic mass is 15.1. The fraction of sp³-hybridized carbons (Fsp3) is 0. The number of nitriles is 1. The molecule has 0 aliphatic heterocycles. The number of anilines is 3. The van der Waals surface area contributed by atoms with Gasteiger partial charge in [0.25, 0.3) is 0 Å². The Kier molecular flexibility index (Phi) is 6.24. The summed E-state index contributed by atoms with van der Waals surface area (Å²) in [5, 5.41) is 19.4. The van der Waals surface area contributed by atoms with Crippen LogP contribution in [0.3, 0.4) is 0 Å². The van der Waals surface area contributed by atoms with Crippen LogP contribution in [0, 0.1) is 11.3 Å². The smallest absolute Gasteiger partial charge is 0.0991 e. The molecule has 0 fully saturated rings. The highest BCUT2D eigenvalue weighted by Crippen LogP contribution is 2.46. The third-order valence-electron chi connectivity index (χ3n) is 10.1. The van der Waals surface area contributed by atoms with E-state index in [2.05, 4.69) is 161 Å². The van der Waals surface area contributed by atoms with Crippen LogP contribution in [0.2, 0.25) is 0 Å². The third kappa shape index (κ3) is 4.23. The van der Waals surface area contributed by atoms with E-state index < -0.39 is 0 Å². The Morgan fingerprint density at radius 2 is 1.08 bits per heavy atom. The zero-order chi connectivity index (χ0) is 33.2. The van der Waals surface area contributed by atoms with Gasteiger partial charge in [-0.1, -0.05) is 103 Å². The Labute approximate surface area is 289 Å². The van der Waals surface area contributed by atoms with Gasteiger partial charge in [0.15, 0.2) is 0 Å². The molecule has 0 unspecified atom stereocenters. The Morgan fingerprint density at radius 1 is 0.460 bits per heavy atom. The van der Waals surface area contributed by atoms with Gasteiger partial charge < -0.3 is 9.47 Å². The molecule has 3 nitrogen and oxygen atoms in total. The number of aromatic nitrogens is 1. The highest BCUT2D eigenvalue weighted by Gasteiger charge is 2.20. The normalized spacial score (nSPS) is 11.6. The second kappa shape index (κ2) is 11.1. The first-order valence-corrected chi connectivity index (χ1v) is 16.9. The van der Waals surface area contributed by atoms with Crippen LogP contribution in [0.15, 0.2) is 176 Å². The van der Waals surface area contributed by atoms with Crippen molar-refractivity contribution in [1.29, 1.82) is 5.26 Å². The molecule has 0 atom stereocenters. The average Bonchev–Trinajstić information content (AvgIpc) is 3.52. The molecule has 1 heterocycles. The van der Waals surface area contributed by atoms with E-state index in [0.717, 1.165) is 22.7 Å². The first-order valence-electron chi connectivity index (χ1n) is 16.9. The van der Waals surface area contributed by atoms with Gasteiger partial charge in [-0.05, 0) is 111 Å². The Balaban J connectivity index is 1.20. The van der Waals surface area contributed by atoms with Crippen molar-refractivity contribution in [2.45, 2.75) is 0 Å². The summed E-state index contributed by atoms with van der Waals surface area (Å²) in [7, 11) is 0. The SMILES string of the molecule is N#Cc1ccc(N(c2ccccc2)c2ccc3ccc4c(-c5ccc6c(c5)c5ccccc5n6-c5ccccc5)ccc5ccc2c3c54)cc1. The van der Waals surface area contributed by atoms with Crippen molar-refractivity contribution in [2.24, 2.45) is 0 Å². The first kappa shape index (κ1) is 28.2. The number of fused-ring (bicyclic) bond motifs is 3. The predicted molar refractivity (Wildman–Crippen MR) is 209 cm³/mol. The number of rotatable bonds is 5. The summed E-state index contributed by atoms with van der Waals surface area (Å²) < 4.78 is 2.37. The van der Waals surface area contributed by atoms with E-state index in [1.54, 1.807) is 0 Å². The van der Waals surface area contributed by atoms with Gasteiger partial charge in [0.2, 0.25) is 0 Å². The molecule has 0 spiro atoms. The molecule has 10 aromatic rings. The first-order chi connectivity index (χ1) is 24.8. The van der Waals surface area contributed by atoms with E-state index in [4.69, 9.17) is 0 Å². The van der Waals surface area contributed by atoms with E-state index >= 15 is 0 Å². The largest absolute Gasteiger partial charge is 0.310 e. The van der Waals surface area contributed by atoms with E-state index in [1.807, 2.05) is 30.3 Å². The minimum Gasteiger partial charge on any atom is -0.310 e. The standard InChI is InChI=1S/C47H29N3/c48-30-31-15-22-37(23-16-31)49(35-9-3-1-4-10-35)44-27-20-33-18-25-40-38(24-17-32-19-26-41(44)47(33)46(32)40)34-21-28-45-42(29-34)39-13-7-8-14-43(39)50(45)36-11-5-2-6-12-36/h1-29H. The number of hydrogen-bond acceptors (Lipinski definition) is 2. The van der Waals surface area contributed by atoms with Gasteiger partial charge in [-0.2, -0.15) is 5.26 Å². The van der Waals surface area contributed by atoms with Gasteiger partial charge in [0.1, 0.15) is 0 Å².